The molecule has 0 aromatic heterocycles. The van der Waals surface area contributed by atoms with Crippen LogP contribution in [0, 0.1) is 6.92 Å². The van der Waals surface area contributed by atoms with E-state index in [4.69, 9.17) is 0 Å². The number of nitrogens with one attached hydrogen (secondary N) is 1. The first-order valence-corrected chi connectivity index (χ1v) is 7.11. The van der Waals surface area contributed by atoms with Gasteiger partial charge in [0.2, 0.25) is 0 Å². The molecule has 2 aromatic carbocycles. The summed E-state index contributed by atoms with van der Waals surface area (Å²) in [7, 11) is 0. The van der Waals surface area contributed by atoms with Gasteiger partial charge in [-0.3, -0.25) is 4.79 Å². The highest BCUT2D eigenvalue weighted by atomic mass is 16.3. The van der Waals surface area contributed by atoms with Gasteiger partial charge in [-0.1, -0.05) is 36.8 Å². The highest BCUT2D eigenvalue weighted by Gasteiger charge is 2.13. The molecule has 0 bridgehead atoms. The van der Waals surface area contributed by atoms with Crippen molar-refractivity contribution in [1.29, 1.82) is 0 Å². The molecule has 0 atom stereocenters. The van der Waals surface area contributed by atoms with E-state index in [2.05, 4.69) is 10.5 Å². The van der Waals surface area contributed by atoms with E-state index < -0.39 is 23.2 Å². The van der Waals surface area contributed by atoms with Crippen LogP contribution in [0.25, 0.3) is 0 Å². The molecule has 0 spiro atoms. The van der Waals surface area contributed by atoms with E-state index in [9.17, 15) is 20.1 Å². The van der Waals surface area contributed by atoms with E-state index in [1.54, 1.807) is 0 Å². The van der Waals surface area contributed by atoms with Crippen molar-refractivity contribution in [1.82, 2.24) is 5.43 Å². The topological polar surface area (TPSA) is 102 Å². The summed E-state index contributed by atoms with van der Waals surface area (Å²) in [5.41, 5.74) is 5.09. The molecule has 6 heteroatoms. The first-order chi connectivity index (χ1) is 10.9. The first-order valence-electron chi connectivity index (χ1n) is 7.11. The minimum absolute atomic E-state index is 0.0130. The molecular weight excluding hydrogens is 296 g/mol. The molecule has 4 N–H and O–H groups in total. The molecule has 23 heavy (non-hydrogen) atoms. The average Bonchev–Trinajstić information content (AvgIpc) is 2.54. The first kappa shape index (κ1) is 16.4. The smallest absolute Gasteiger partial charge is 0.271 e. The Morgan fingerprint density at radius 1 is 1.04 bits per heavy atom. The van der Waals surface area contributed by atoms with Crippen molar-refractivity contribution in [2.75, 3.05) is 0 Å². The maximum Gasteiger partial charge on any atom is 0.271 e. The predicted molar refractivity (Wildman–Crippen MR) is 86.9 cm³/mol. The molecule has 0 heterocycles. The van der Waals surface area contributed by atoms with Gasteiger partial charge in [-0.2, -0.15) is 5.10 Å². The van der Waals surface area contributed by atoms with Crippen molar-refractivity contribution in [2.24, 2.45) is 5.10 Å². The number of phenolic OH excluding ortho intramolecular Hbond substituents is 3. The summed E-state index contributed by atoms with van der Waals surface area (Å²) in [6, 6.07) is 9.86. The lowest BCUT2D eigenvalue weighted by Gasteiger charge is -2.07. The van der Waals surface area contributed by atoms with Gasteiger partial charge in [0.25, 0.3) is 5.91 Å². The number of carbonyl (C=O) groups excluding carboxylic acids is 1. The number of carbonyl (C=O) groups is 1. The van der Waals surface area contributed by atoms with Gasteiger partial charge in [0, 0.05) is 5.56 Å². The molecule has 0 saturated heterocycles. The summed E-state index contributed by atoms with van der Waals surface area (Å²) in [5, 5.41) is 32.2. The second-order valence-electron chi connectivity index (χ2n) is 5.08. The Morgan fingerprint density at radius 3 is 2.13 bits per heavy atom. The van der Waals surface area contributed by atoms with Crippen molar-refractivity contribution in [3.8, 4) is 17.2 Å². The van der Waals surface area contributed by atoms with Crippen molar-refractivity contribution >= 4 is 11.6 Å². The van der Waals surface area contributed by atoms with Gasteiger partial charge in [-0.25, -0.2) is 5.43 Å². The van der Waals surface area contributed by atoms with Gasteiger partial charge in [-0.15, -0.1) is 0 Å². The van der Waals surface area contributed by atoms with Crippen LogP contribution in [0.5, 0.6) is 17.2 Å². The summed E-state index contributed by atoms with van der Waals surface area (Å²) < 4.78 is 0. The summed E-state index contributed by atoms with van der Waals surface area (Å²) in [6.45, 7) is 3.90. The van der Waals surface area contributed by atoms with E-state index in [1.165, 1.54) is 0 Å². The zero-order valence-corrected chi connectivity index (χ0v) is 12.9. The van der Waals surface area contributed by atoms with E-state index in [0.717, 1.165) is 23.3 Å². The number of hydrogen-bond acceptors (Lipinski definition) is 5. The Kier molecular flexibility index (Phi) is 4.85. The van der Waals surface area contributed by atoms with Crippen LogP contribution in [0.3, 0.4) is 0 Å². The van der Waals surface area contributed by atoms with Crippen LogP contribution >= 0.6 is 0 Å². The predicted octanol–water partition coefficient (Wildman–Crippen LogP) is 2.66. The van der Waals surface area contributed by atoms with Crippen LogP contribution in [0.15, 0.2) is 41.5 Å². The number of rotatable bonds is 4. The molecule has 2 aromatic rings. The molecule has 1 amide bonds. The Balaban J connectivity index is 2.20. The lowest BCUT2D eigenvalue weighted by Crippen LogP contribution is -2.20. The summed E-state index contributed by atoms with van der Waals surface area (Å²) in [5.74, 6) is -2.42. The molecule has 0 saturated carbocycles. The molecule has 0 fully saturated rings. The molecular formula is C17H18N2O4. The van der Waals surface area contributed by atoms with E-state index in [0.29, 0.717) is 12.1 Å². The molecule has 120 valence electrons. The largest absolute Gasteiger partial charge is 0.504 e. The number of hydrogen-bond donors (Lipinski definition) is 4. The average molecular weight is 314 g/mol. The third kappa shape index (κ3) is 3.79. The van der Waals surface area contributed by atoms with Gasteiger partial charge in [0.15, 0.2) is 17.2 Å². The van der Waals surface area contributed by atoms with Crippen LogP contribution in [0.1, 0.15) is 34.8 Å². The van der Waals surface area contributed by atoms with Crippen LogP contribution in [-0.4, -0.2) is 26.9 Å². The van der Waals surface area contributed by atoms with Crippen LogP contribution in [-0.2, 0) is 0 Å². The van der Waals surface area contributed by atoms with Gasteiger partial charge < -0.3 is 15.3 Å². The highest BCUT2D eigenvalue weighted by Crippen LogP contribution is 2.35. The molecule has 2 rings (SSSR count). The molecule has 0 aliphatic rings. The fraction of sp³-hybridized carbons (Fsp3) is 0.176. The lowest BCUT2D eigenvalue weighted by molar-refractivity contribution is 0.0954. The van der Waals surface area contributed by atoms with E-state index in [1.807, 2.05) is 38.1 Å². The Bertz CT molecular complexity index is 729. The van der Waals surface area contributed by atoms with Crippen molar-refractivity contribution in [2.45, 2.75) is 20.3 Å². The molecule has 0 unspecified atom stereocenters. The minimum atomic E-state index is -0.668. The molecule has 0 radical (unpaired) electrons. The van der Waals surface area contributed by atoms with Gasteiger partial charge in [0.05, 0.1) is 5.71 Å². The van der Waals surface area contributed by atoms with Crippen molar-refractivity contribution < 1.29 is 20.1 Å². The van der Waals surface area contributed by atoms with Gasteiger partial charge in [0.1, 0.15) is 0 Å². The Morgan fingerprint density at radius 2 is 1.61 bits per heavy atom. The fourth-order valence-corrected chi connectivity index (χ4v) is 2.01. The SMILES string of the molecule is CCC(=NNC(=O)c1cc(O)c(O)c(O)c1)c1ccc(C)cc1. The second kappa shape index (κ2) is 6.83. The highest BCUT2D eigenvalue weighted by molar-refractivity contribution is 6.02. The number of hydrazone groups is 1. The Labute approximate surface area is 133 Å². The van der Waals surface area contributed by atoms with E-state index >= 15 is 0 Å². The monoisotopic (exact) mass is 314 g/mol. The Hall–Kier alpha value is -3.02. The van der Waals surface area contributed by atoms with E-state index in [-0.39, 0.29) is 5.56 Å². The quantitative estimate of drug-likeness (QED) is 0.396. The lowest BCUT2D eigenvalue weighted by atomic mass is 10.1. The number of phenols is 3. The fourth-order valence-electron chi connectivity index (χ4n) is 2.01. The summed E-state index contributed by atoms with van der Waals surface area (Å²) in [4.78, 5) is 12.0. The second-order valence-corrected chi connectivity index (χ2v) is 5.08. The number of aryl methyl sites for hydroxylation is 1. The maximum absolute atomic E-state index is 12.0. The summed E-state index contributed by atoms with van der Waals surface area (Å²) in [6.07, 6.45) is 0.620. The van der Waals surface area contributed by atoms with Crippen LogP contribution in [0.4, 0.5) is 0 Å². The third-order valence-corrected chi connectivity index (χ3v) is 3.34. The zero-order chi connectivity index (χ0) is 17.0. The normalized spacial score (nSPS) is 11.3. The molecule has 0 aliphatic heterocycles. The van der Waals surface area contributed by atoms with Crippen LogP contribution < -0.4 is 5.43 Å². The number of benzene rings is 2. The van der Waals surface area contributed by atoms with Crippen LogP contribution in [0.2, 0.25) is 0 Å². The van der Waals surface area contributed by atoms with Gasteiger partial charge >= 0.3 is 0 Å². The van der Waals surface area contributed by atoms with Gasteiger partial charge in [-0.05, 0) is 31.0 Å². The van der Waals surface area contributed by atoms with Crippen molar-refractivity contribution in [3.63, 3.8) is 0 Å². The van der Waals surface area contributed by atoms with Crippen molar-refractivity contribution in [3.05, 3.63) is 53.1 Å². The maximum atomic E-state index is 12.0. The molecule has 6 nitrogen and oxygen atoms in total. The summed E-state index contributed by atoms with van der Waals surface area (Å²) >= 11 is 0. The number of nitrogens with zero attached hydrogens (tertiary/aromatic N) is 1. The number of amides is 1. The third-order valence-electron chi connectivity index (χ3n) is 3.34. The zero-order valence-electron chi connectivity index (χ0n) is 12.9. The molecule has 0 aliphatic carbocycles. The number of aromatic hydroxyl groups is 3. The standard InChI is InChI=1S/C17H18N2O4/c1-3-13(11-6-4-10(2)5-7-11)18-19-17(23)12-8-14(20)16(22)15(21)9-12/h4-9,20-22H,3H2,1-2H3,(H,19,23). The minimum Gasteiger partial charge on any atom is -0.504 e.